The lowest BCUT2D eigenvalue weighted by atomic mass is 10.1. The molecule has 5 nitrogen and oxygen atoms in total. The standard InChI is InChI=1S/C16H21F2N5.HI/c1-12-4-6-13(7-5-12)11-22(3)16(19-2)21-10-14-20-8-9-23(14)15(17)18;/h4-9,15H,10-11H2,1-3H3,(H,19,21);1H. The Morgan fingerprint density at radius 1 is 1.33 bits per heavy atom. The highest BCUT2D eigenvalue weighted by Gasteiger charge is 2.13. The summed E-state index contributed by atoms with van der Waals surface area (Å²) >= 11 is 0. The van der Waals surface area contributed by atoms with Gasteiger partial charge in [-0.15, -0.1) is 24.0 Å². The molecule has 0 radical (unpaired) electrons. The Morgan fingerprint density at radius 2 is 2.00 bits per heavy atom. The SMILES string of the molecule is CN=C(NCc1nccn1C(F)F)N(C)Cc1ccc(C)cc1.I. The van der Waals surface area contributed by atoms with E-state index in [1.54, 1.807) is 7.05 Å². The minimum absolute atomic E-state index is 0. The number of halogens is 3. The Labute approximate surface area is 157 Å². The van der Waals surface area contributed by atoms with E-state index in [-0.39, 0.29) is 36.3 Å². The minimum atomic E-state index is -2.60. The van der Waals surface area contributed by atoms with E-state index < -0.39 is 6.55 Å². The number of hydrogen-bond acceptors (Lipinski definition) is 2. The van der Waals surface area contributed by atoms with Crippen molar-refractivity contribution in [2.45, 2.75) is 26.6 Å². The zero-order valence-electron chi connectivity index (χ0n) is 13.9. The van der Waals surface area contributed by atoms with Gasteiger partial charge in [0.2, 0.25) is 0 Å². The van der Waals surface area contributed by atoms with Crippen LogP contribution in [0.3, 0.4) is 0 Å². The predicted molar refractivity (Wildman–Crippen MR) is 102 cm³/mol. The van der Waals surface area contributed by atoms with E-state index in [4.69, 9.17) is 0 Å². The number of benzene rings is 1. The molecule has 1 heterocycles. The summed E-state index contributed by atoms with van der Waals surface area (Å²) in [7, 11) is 3.56. The molecular formula is C16H22F2IN5. The van der Waals surface area contributed by atoms with Gasteiger partial charge in [-0.05, 0) is 12.5 Å². The van der Waals surface area contributed by atoms with Crippen LogP contribution in [0.5, 0.6) is 0 Å². The molecule has 0 saturated carbocycles. The van der Waals surface area contributed by atoms with E-state index in [9.17, 15) is 8.78 Å². The number of imidazole rings is 1. The van der Waals surface area contributed by atoms with Crippen molar-refractivity contribution < 1.29 is 8.78 Å². The molecule has 0 atom stereocenters. The average molecular weight is 449 g/mol. The summed E-state index contributed by atoms with van der Waals surface area (Å²) in [6.07, 6.45) is 2.63. The highest BCUT2D eigenvalue weighted by Crippen LogP contribution is 2.12. The number of aryl methyl sites for hydroxylation is 1. The summed E-state index contributed by atoms with van der Waals surface area (Å²) in [5, 5.41) is 3.06. The van der Waals surface area contributed by atoms with Gasteiger partial charge < -0.3 is 10.2 Å². The molecule has 1 aromatic heterocycles. The zero-order valence-corrected chi connectivity index (χ0v) is 16.2. The number of nitrogens with zero attached hydrogens (tertiary/aromatic N) is 4. The highest BCUT2D eigenvalue weighted by atomic mass is 127. The van der Waals surface area contributed by atoms with Crippen molar-refractivity contribution in [3.63, 3.8) is 0 Å². The van der Waals surface area contributed by atoms with Gasteiger partial charge in [-0.2, -0.15) is 8.78 Å². The van der Waals surface area contributed by atoms with Crippen LogP contribution in [0, 0.1) is 6.92 Å². The third-order valence-corrected chi connectivity index (χ3v) is 3.48. The van der Waals surface area contributed by atoms with Crippen molar-refractivity contribution in [1.82, 2.24) is 19.8 Å². The largest absolute Gasteiger partial charge is 0.349 e. The fourth-order valence-electron chi connectivity index (χ4n) is 2.24. The number of hydrogen-bond donors (Lipinski definition) is 1. The lowest BCUT2D eigenvalue weighted by Gasteiger charge is -2.22. The van der Waals surface area contributed by atoms with Crippen LogP contribution in [-0.4, -0.2) is 34.5 Å². The molecule has 0 aliphatic heterocycles. The Morgan fingerprint density at radius 3 is 2.58 bits per heavy atom. The Balaban J connectivity index is 0.00000288. The molecule has 24 heavy (non-hydrogen) atoms. The number of rotatable bonds is 5. The minimum Gasteiger partial charge on any atom is -0.349 e. The molecular weight excluding hydrogens is 427 g/mol. The van der Waals surface area contributed by atoms with Crippen LogP contribution >= 0.6 is 24.0 Å². The molecule has 1 N–H and O–H groups in total. The van der Waals surface area contributed by atoms with E-state index in [1.807, 2.05) is 18.9 Å². The maximum Gasteiger partial charge on any atom is 0.319 e. The molecule has 0 unspecified atom stereocenters. The van der Waals surface area contributed by atoms with Crippen molar-refractivity contribution in [3.8, 4) is 0 Å². The van der Waals surface area contributed by atoms with Gasteiger partial charge in [0.25, 0.3) is 0 Å². The van der Waals surface area contributed by atoms with Crippen LogP contribution in [0.25, 0.3) is 0 Å². The molecule has 0 spiro atoms. The number of alkyl halides is 2. The first-order chi connectivity index (χ1) is 11.0. The Kier molecular flexibility index (Phi) is 8.09. The number of nitrogens with one attached hydrogen (secondary N) is 1. The van der Waals surface area contributed by atoms with Gasteiger partial charge in [-0.3, -0.25) is 9.56 Å². The van der Waals surface area contributed by atoms with Gasteiger partial charge >= 0.3 is 6.55 Å². The monoisotopic (exact) mass is 449 g/mol. The third-order valence-electron chi connectivity index (χ3n) is 3.48. The van der Waals surface area contributed by atoms with Crippen molar-refractivity contribution in [1.29, 1.82) is 0 Å². The summed E-state index contributed by atoms with van der Waals surface area (Å²) in [4.78, 5) is 10.1. The fourth-order valence-corrected chi connectivity index (χ4v) is 2.24. The fraction of sp³-hybridized carbons (Fsp3) is 0.375. The molecule has 2 aromatic rings. The number of guanidine groups is 1. The van der Waals surface area contributed by atoms with Gasteiger partial charge in [-0.25, -0.2) is 4.98 Å². The van der Waals surface area contributed by atoms with Crippen LogP contribution < -0.4 is 5.32 Å². The van der Waals surface area contributed by atoms with Crippen LogP contribution in [0.1, 0.15) is 23.5 Å². The van der Waals surface area contributed by atoms with E-state index in [2.05, 4.69) is 39.6 Å². The Bertz CT molecular complexity index is 655. The first-order valence-corrected chi connectivity index (χ1v) is 7.28. The van der Waals surface area contributed by atoms with Crippen molar-refractivity contribution in [3.05, 3.63) is 53.6 Å². The molecule has 1 aromatic carbocycles. The molecule has 0 aliphatic rings. The number of aliphatic imine (C=N–C) groups is 1. The maximum atomic E-state index is 12.8. The first kappa shape index (κ1) is 20.3. The predicted octanol–water partition coefficient (Wildman–Crippen LogP) is 3.41. The summed E-state index contributed by atoms with van der Waals surface area (Å²) in [5.41, 5.74) is 2.35. The van der Waals surface area contributed by atoms with Crippen molar-refractivity contribution in [2.75, 3.05) is 14.1 Å². The molecule has 0 saturated heterocycles. The quantitative estimate of drug-likeness (QED) is 0.433. The topological polar surface area (TPSA) is 45.5 Å². The van der Waals surface area contributed by atoms with Gasteiger partial charge in [0.1, 0.15) is 5.82 Å². The molecule has 132 valence electrons. The van der Waals surface area contributed by atoms with Crippen LogP contribution in [-0.2, 0) is 13.1 Å². The summed E-state index contributed by atoms with van der Waals surface area (Å²) in [6, 6.07) is 8.23. The normalized spacial score (nSPS) is 11.3. The van der Waals surface area contributed by atoms with Gasteiger partial charge in [0, 0.05) is 33.0 Å². The van der Waals surface area contributed by atoms with Gasteiger partial charge in [0.15, 0.2) is 5.96 Å². The lowest BCUT2D eigenvalue weighted by molar-refractivity contribution is 0.0668. The second-order valence-electron chi connectivity index (χ2n) is 5.27. The Hall–Kier alpha value is -1.71. The molecule has 2 rings (SSSR count). The van der Waals surface area contributed by atoms with Crippen LogP contribution in [0.15, 0.2) is 41.7 Å². The van der Waals surface area contributed by atoms with Crippen molar-refractivity contribution in [2.24, 2.45) is 4.99 Å². The number of aromatic nitrogens is 2. The first-order valence-electron chi connectivity index (χ1n) is 7.28. The second-order valence-corrected chi connectivity index (χ2v) is 5.27. The average Bonchev–Trinajstić information content (AvgIpc) is 2.99. The van der Waals surface area contributed by atoms with E-state index in [1.165, 1.54) is 18.0 Å². The highest BCUT2D eigenvalue weighted by molar-refractivity contribution is 14.0. The second kappa shape index (κ2) is 9.55. The molecule has 0 aliphatic carbocycles. The van der Waals surface area contributed by atoms with Crippen LogP contribution in [0.4, 0.5) is 8.78 Å². The van der Waals surface area contributed by atoms with Crippen LogP contribution in [0.2, 0.25) is 0 Å². The van der Waals surface area contributed by atoms with E-state index in [0.29, 0.717) is 12.5 Å². The third kappa shape index (κ3) is 5.43. The summed E-state index contributed by atoms with van der Waals surface area (Å²) in [5.74, 6) is 0.888. The maximum absolute atomic E-state index is 12.8. The summed E-state index contributed by atoms with van der Waals surface area (Å²) in [6.45, 7) is 0.298. The smallest absolute Gasteiger partial charge is 0.319 e. The summed E-state index contributed by atoms with van der Waals surface area (Å²) < 4.78 is 26.4. The van der Waals surface area contributed by atoms with Crippen molar-refractivity contribution >= 4 is 29.9 Å². The molecule has 8 heteroatoms. The van der Waals surface area contributed by atoms with Gasteiger partial charge in [0.05, 0.1) is 6.54 Å². The lowest BCUT2D eigenvalue weighted by Crippen LogP contribution is -2.38. The molecule has 0 fully saturated rings. The molecule has 0 amide bonds. The van der Waals surface area contributed by atoms with Gasteiger partial charge in [-0.1, -0.05) is 29.8 Å². The van der Waals surface area contributed by atoms with E-state index >= 15 is 0 Å². The van der Waals surface area contributed by atoms with E-state index in [0.717, 1.165) is 10.1 Å². The molecule has 0 bridgehead atoms. The zero-order chi connectivity index (χ0) is 16.8.